The van der Waals surface area contributed by atoms with Gasteiger partial charge in [0.05, 0.1) is 6.04 Å². The van der Waals surface area contributed by atoms with Crippen molar-refractivity contribution < 1.29 is 14.3 Å². The summed E-state index contributed by atoms with van der Waals surface area (Å²) >= 11 is 0. The number of nitrogens with one attached hydrogen (secondary N) is 2. The topological polar surface area (TPSA) is 59.6 Å². The lowest BCUT2D eigenvalue weighted by Crippen LogP contribution is -2.51. The predicted octanol–water partition coefficient (Wildman–Crippen LogP) is -0.857. The molecule has 0 aliphatic carbocycles. The van der Waals surface area contributed by atoms with Crippen molar-refractivity contribution in [2.45, 2.75) is 25.3 Å². The second-order valence-corrected chi connectivity index (χ2v) is 2.94. The molecule has 2 aliphatic rings. The molecular weight excluding hydrogens is 160 g/mol. The van der Waals surface area contributed by atoms with E-state index in [0.29, 0.717) is 0 Å². The number of rotatable bonds is 2. The summed E-state index contributed by atoms with van der Waals surface area (Å²) in [6, 6.07) is -0.0576. The number of hydrogen-bond donors (Lipinski definition) is 2. The summed E-state index contributed by atoms with van der Waals surface area (Å²) in [5.74, 6) is -0.0304. The minimum Gasteiger partial charge on any atom is -0.308 e. The van der Waals surface area contributed by atoms with Crippen molar-refractivity contribution in [2.24, 2.45) is 0 Å². The molecule has 2 aliphatic heterocycles. The van der Waals surface area contributed by atoms with Gasteiger partial charge in [-0.2, -0.15) is 0 Å². The van der Waals surface area contributed by atoms with Crippen LogP contribution in [0.3, 0.4) is 0 Å². The van der Waals surface area contributed by atoms with E-state index in [0.717, 1.165) is 19.4 Å². The van der Waals surface area contributed by atoms with Crippen molar-refractivity contribution in [1.82, 2.24) is 10.6 Å². The number of ether oxygens (including phenoxy) is 2. The summed E-state index contributed by atoms with van der Waals surface area (Å²) in [5.41, 5.74) is 0. The largest absolute Gasteiger partial charge is 0.308 e. The third-order valence-electron chi connectivity index (χ3n) is 2.08. The molecule has 2 fully saturated rings. The second-order valence-electron chi connectivity index (χ2n) is 2.94. The van der Waals surface area contributed by atoms with E-state index in [9.17, 15) is 4.79 Å². The highest BCUT2D eigenvalue weighted by molar-refractivity contribution is 5.82. The first-order chi connectivity index (χ1) is 5.86. The maximum absolute atomic E-state index is 11.3. The van der Waals surface area contributed by atoms with Gasteiger partial charge in [0.1, 0.15) is 0 Å². The minimum atomic E-state index is -0.514. The zero-order valence-corrected chi connectivity index (χ0v) is 6.71. The van der Waals surface area contributed by atoms with Crippen LogP contribution >= 0.6 is 0 Å². The van der Waals surface area contributed by atoms with E-state index in [2.05, 4.69) is 10.6 Å². The molecule has 2 saturated heterocycles. The monoisotopic (exact) mass is 172 g/mol. The van der Waals surface area contributed by atoms with Gasteiger partial charge in [0.2, 0.25) is 12.3 Å². The molecule has 0 bridgehead atoms. The van der Waals surface area contributed by atoms with Gasteiger partial charge in [-0.3, -0.25) is 4.79 Å². The number of amides is 1. The van der Waals surface area contributed by atoms with Crippen LogP contribution in [-0.2, 0) is 14.3 Å². The van der Waals surface area contributed by atoms with Gasteiger partial charge in [0.25, 0.3) is 0 Å². The molecule has 2 N–H and O–H groups in total. The highest BCUT2D eigenvalue weighted by Crippen LogP contribution is 2.07. The van der Waals surface area contributed by atoms with Gasteiger partial charge < -0.3 is 20.1 Å². The van der Waals surface area contributed by atoms with E-state index in [1.165, 1.54) is 0 Å². The summed E-state index contributed by atoms with van der Waals surface area (Å²) in [6.07, 6.45) is 1.45. The Kier molecular flexibility index (Phi) is 2.25. The van der Waals surface area contributed by atoms with E-state index in [-0.39, 0.29) is 18.7 Å². The molecule has 2 rings (SSSR count). The molecule has 0 aromatic carbocycles. The maximum atomic E-state index is 11.3. The van der Waals surface area contributed by atoms with Gasteiger partial charge in [-0.1, -0.05) is 0 Å². The molecular formula is C7H12N2O3. The normalized spacial score (nSPS) is 29.8. The second kappa shape index (κ2) is 3.38. The minimum absolute atomic E-state index is 0.0304. The summed E-state index contributed by atoms with van der Waals surface area (Å²) < 4.78 is 9.76. The van der Waals surface area contributed by atoms with Crippen molar-refractivity contribution in [3.8, 4) is 0 Å². The maximum Gasteiger partial charge on any atom is 0.244 e. The molecule has 1 amide bonds. The SMILES string of the molecule is O=C(NC1OCO1)[C@H]1CCCN1. The fraction of sp³-hybridized carbons (Fsp3) is 0.857. The third kappa shape index (κ3) is 1.57. The first-order valence-corrected chi connectivity index (χ1v) is 4.13. The summed E-state index contributed by atoms with van der Waals surface area (Å²) in [5, 5.41) is 5.70. The third-order valence-corrected chi connectivity index (χ3v) is 2.08. The zero-order valence-electron chi connectivity index (χ0n) is 6.71. The first kappa shape index (κ1) is 7.97. The summed E-state index contributed by atoms with van der Waals surface area (Å²) in [7, 11) is 0. The van der Waals surface area contributed by atoms with Crippen LogP contribution < -0.4 is 10.6 Å². The lowest BCUT2D eigenvalue weighted by atomic mass is 10.2. The fourth-order valence-corrected chi connectivity index (χ4v) is 1.34. The first-order valence-electron chi connectivity index (χ1n) is 4.13. The molecule has 0 aromatic heterocycles. The molecule has 5 heteroatoms. The molecule has 2 heterocycles. The highest BCUT2D eigenvalue weighted by Gasteiger charge is 2.27. The molecule has 0 aromatic rings. The van der Waals surface area contributed by atoms with E-state index in [1.54, 1.807) is 0 Å². The van der Waals surface area contributed by atoms with Gasteiger partial charge in [-0.15, -0.1) is 0 Å². The highest BCUT2D eigenvalue weighted by atomic mass is 16.9. The van der Waals surface area contributed by atoms with Gasteiger partial charge in [-0.25, -0.2) is 0 Å². The molecule has 68 valence electrons. The fourth-order valence-electron chi connectivity index (χ4n) is 1.34. The van der Waals surface area contributed by atoms with Crippen molar-refractivity contribution in [2.75, 3.05) is 13.3 Å². The van der Waals surface area contributed by atoms with E-state index in [1.807, 2.05) is 0 Å². The predicted molar refractivity (Wildman–Crippen MR) is 40.0 cm³/mol. The summed E-state index contributed by atoms with van der Waals surface area (Å²) in [4.78, 5) is 11.3. The molecule has 1 atom stereocenters. The van der Waals surface area contributed by atoms with E-state index < -0.39 is 6.41 Å². The van der Waals surface area contributed by atoms with Crippen LogP contribution in [0.15, 0.2) is 0 Å². The van der Waals surface area contributed by atoms with Crippen molar-refractivity contribution in [3.05, 3.63) is 0 Å². The molecule has 0 unspecified atom stereocenters. The molecule has 0 radical (unpaired) electrons. The average Bonchev–Trinajstić information content (AvgIpc) is 2.47. The van der Waals surface area contributed by atoms with Crippen LogP contribution in [0.2, 0.25) is 0 Å². The van der Waals surface area contributed by atoms with Crippen molar-refractivity contribution in [3.63, 3.8) is 0 Å². The molecule has 0 saturated carbocycles. The van der Waals surface area contributed by atoms with Crippen LogP contribution in [0.4, 0.5) is 0 Å². The lowest BCUT2D eigenvalue weighted by Gasteiger charge is -2.28. The Hall–Kier alpha value is -0.650. The Morgan fingerprint density at radius 2 is 2.33 bits per heavy atom. The Bertz CT molecular complexity index is 175. The number of carbonyl (C=O) groups excluding carboxylic acids is 1. The Morgan fingerprint density at radius 3 is 2.83 bits per heavy atom. The van der Waals surface area contributed by atoms with Crippen LogP contribution in [0.1, 0.15) is 12.8 Å². The standard InChI is InChI=1S/C7H12N2O3/c10-6(5-2-1-3-8-5)9-7-11-4-12-7/h5,7-8H,1-4H2,(H,9,10)/t5-/m1/s1. The zero-order chi connectivity index (χ0) is 8.39. The Balaban J connectivity index is 1.74. The van der Waals surface area contributed by atoms with Gasteiger partial charge in [0, 0.05) is 0 Å². The number of carbonyl (C=O) groups is 1. The summed E-state index contributed by atoms with van der Waals surface area (Å²) in [6.45, 7) is 1.20. The van der Waals surface area contributed by atoms with Crippen LogP contribution in [0.25, 0.3) is 0 Å². The van der Waals surface area contributed by atoms with Crippen LogP contribution in [-0.4, -0.2) is 31.7 Å². The molecule has 12 heavy (non-hydrogen) atoms. The van der Waals surface area contributed by atoms with Crippen LogP contribution in [0, 0.1) is 0 Å². The Morgan fingerprint density at radius 1 is 1.50 bits per heavy atom. The van der Waals surface area contributed by atoms with Gasteiger partial charge in [0.15, 0.2) is 6.79 Å². The molecule has 5 nitrogen and oxygen atoms in total. The smallest absolute Gasteiger partial charge is 0.244 e. The van der Waals surface area contributed by atoms with Crippen molar-refractivity contribution >= 4 is 5.91 Å². The number of hydrogen-bond acceptors (Lipinski definition) is 4. The quantitative estimate of drug-likeness (QED) is 0.569. The van der Waals surface area contributed by atoms with Gasteiger partial charge in [-0.05, 0) is 19.4 Å². The Labute approximate surface area is 70.4 Å². The van der Waals surface area contributed by atoms with Gasteiger partial charge >= 0.3 is 0 Å². The van der Waals surface area contributed by atoms with E-state index >= 15 is 0 Å². The average molecular weight is 172 g/mol. The molecule has 0 spiro atoms. The van der Waals surface area contributed by atoms with Crippen molar-refractivity contribution in [1.29, 1.82) is 0 Å². The van der Waals surface area contributed by atoms with E-state index in [4.69, 9.17) is 9.47 Å². The van der Waals surface area contributed by atoms with Crippen LogP contribution in [0.5, 0.6) is 0 Å². The lowest BCUT2D eigenvalue weighted by molar-refractivity contribution is -0.329.